The number of thiophene rings is 1. The Bertz CT molecular complexity index is 377. The van der Waals surface area contributed by atoms with Crippen LogP contribution in [-0.2, 0) is 4.79 Å². The van der Waals surface area contributed by atoms with Crippen molar-refractivity contribution >= 4 is 17.2 Å². The first-order valence-corrected chi connectivity index (χ1v) is 7.63. The summed E-state index contributed by atoms with van der Waals surface area (Å²) in [5.41, 5.74) is 5.93. The van der Waals surface area contributed by atoms with E-state index in [-0.39, 0.29) is 5.91 Å². The van der Waals surface area contributed by atoms with E-state index in [1.54, 1.807) is 0 Å². The zero-order valence-corrected chi connectivity index (χ0v) is 11.7. The minimum Gasteiger partial charge on any atom is -0.354 e. The van der Waals surface area contributed by atoms with Crippen molar-refractivity contribution in [3.8, 4) is 0 Å². The molecule has 0 saturated heterocycles. The van der Waals surface area contributed by atoms with E-state index in [1.165, 1.54) is 37.0 Å². The topological polar surface area (TPSA) is 55.1 Å². The Kier molecular flexibility index (Phi) is 4.78. The Morgan fingerprint density at radius 1 is 1.56 bits per heavy atom. The first-order chi connectivity index (χ1) is 8.68. The van der Waals surface area contributed by atoms with Crippen molar-refractivity contribution in [3.05, 3.63) is 22.4 Å². The predicted molar refractivity (Wildman–Crippen MR) is 75.4 cm³/mol. The zero-order valence-electron chi connectivity index (χ0n) is 10.9. The molecule has 3 unspecified atom stereocenters. The number of hydrogen-bond donors (Lipinski definition) is 2. The van der Waals surface area contributed by atoms with Crippen LogP contribution in [0.2, 0.25) is 0 Å². The van der Waals surface area contributed by atoms with Crippen LogP contribution in [0, 0.1) is 11.8 Å². The summed E-state index contributed by atoms with van der Waals surface area (Å²) in [4.78, 5) is 12.9. The molecule has 1 aromatic rings. The number of amides is 1. The molecule has 0 aromatic carbocycles. The molecule has 1 amide bonds. The van der Waals surface area contributed by atoms with Gasteiger partial charge >= 0.3 is 0 Å². The number of nitrogens with one attached hydrogen (secondary N) is 1. The van der Waals surface area contributed by atoms with Gasteiger partial charge in [0.1, 0.15) is 6.04 Å². The van der Waals surface area contributed by atoms with Crippen molar-refractivity contribution in [2.24, 2.45) is 17.6 Å². The molecule has 1 aliphatic carbocycles. The molecular weight excluding hydrogens is 244 g/mol. The number of carbonyl (C=O) groups is 1. The van der Waals surface area contributed by atoms with Gasteiger partial charge in [-0.1, -0.05) is 32.3 Å². The normalized spacial score (nSPS) is 25.7. The van der Waals surface area contributed by atoms with Gasteiger partial charge in [-0.15, -0.1) is 11.3 Å². The molecular formula is C14H22N2OS. The number of rotatable bonds is 4. The summed E-state index contributed by atoms with van der Waals surface area (Å²) in [6.07, 6.45) is 5.15. The smallest absolute Gasteiger partial charge is 0.242 e. The lowest BCUT2D eigenvalue weighted by atomic mass is 9.80. The molecule has 0 bridgehead atoms. The Labute approximate surface area is 113 Å². The van der Waals surface area contributed by atoms with Crippen LogP contribution in [0.4, 0.5) is 0 Å². The number of hydrogen-bond acceptors (Lipinski definition) is 3. The Morgan fingerprint density at radius 2 is 2.33 bits per heavy atom. The highest BCUT2D eigenvalue weighted by Gasteiger charge is 2.23. The average molecular weight is 266 g/mol. The lowest BCUT2D eigenvalue weighted by Crippen LogP contribution is -2.38. The van der Waals surface area contributed by atoms with Crippen LogP contribution >= 0.6 is 11.3 Å². The molecule has 1 aromatic heterocycles. The molecule has 0 aliphatic heterocycles. The van der Waals surface area contributed by atoms with E-state index < -0.39 is 6.04 Å². The molecule has 3 nitrogen and oxygen atoms in total. The Balaban J connectivity index is 1.81. The van der Waals surface area contributed by atoms with Crippen LogP contribution in [0.25, 0.3) is 0 Å². The molecule has 4 heteroatoms. The maximum Gasteiger partial charge on any atom is 0.242 e. The second-order valence-electron chi connectivity index (χ2n) is 5.26. The lowest BCUT2D eigenvalue weighted by molar-refractivity contribution is -0.122. The highest BCUT2D eigenvalue weighted by Crippen LogP contribution is 2.29. The van der Waals surface area contributed by atoms with Crippen molar-refractivity contribution < 1.29 is 4.79 Å². The van der Waals surface area contributed by atoms with Crippen LogP contribution in [0.5, 0.6) is 0 Å². The maximum atomic E-state index is 12.0. The summed E-state index contributed by atoms with van der Waals surface area (Å²) < 4.78 is 0. The van der Waals surface area contributed by atoms with Gasteiger partial charge in [-0.3, -0.25) is 4.79 Å². The molecule has 1 fully saturated rings. The number of carbonyl (C=O) groups excluding carboxylic acids is 1. The van der Waals surface area contributed by atoms with Crippen molar-refractivity contribution in [1.82, 2.24) is 5.32 Å². The highest BCUT2D eigenvalue weighted by molar-refractivity contribution is 7.10. The van der Waals surface area contributed by atoms with Gasteiger partial charge in [0.15, 0.2) is 0 Å². The summed E-state index contributed by atoms with van der Waals surface area (Å²) in [7, 11) is 0. The first kappa shape index (κ1) is 13.6. The van der Waals surface area contributed by atoms with E-state index in [2.05, 4.69) is 12.2 Å². The predicted octanol–water partition coefficient (Wildman–Crippen LogP) is 2.69. The lowest BCUT2D eigenvalue weighted by Gasteiger charge is -2.29. The third-order valence-corrected chi connectivity index (χ3v) is 4.92. The molecule has 18 heavy (non-hydrogen) atoms. The summed E-state index contributed by atoms with van der Waals surface area (Å²) in [6, 6.07) is 3.33. The van der Waals surface area contributed by atoms with E-state index in [4.69, 9.17) is 5.73 Å². The fraction of sp³-hybridized carbons (Fsp3) is 0.643. The van der Waals surface area contributed by atoms with Gasteiger partial charge in [-0.25, -0.2) is 0 Å². The van der Waals surface area contributed by atoms with Gasteiger partial charge in [-0.05, 0) is 29.7 Å². The fourth-order valence-corrected chi connectivity index (χ4v) is 3.36. The van der Waals surface area contributed by atoms with Crippen LogP contribution < -0.4 is 11.1 Å². The second-order valence-corrected chi connectivity index (χ2v) is 6.24. The maximum absolute atomic E-state index is 12.0. The Hall–Kier alpha value is -0.870. The zero-order chi connectivity index (χ0) is 13.0. The summed E-state index contributed by atoms with van der Waals surface area (Å²) >= 11 is 1.54. The molecule has 1 saturated carbocycles. The van der Waals surface area contributed by atoms with Crippen LogP contribution in [0.3, 0.4) is 0 Å². The largest absolute Gasteiger partial charge is 0.354 e. The molecule has 1 heterocycles. The molecule has 100 valence electrons. The van der Waals surface area contributed by atoms with Gasteiger partial charge in [0.05, 0.1) is 0 Å². The number of nitrogens with two attached hydrogens (primary N) is 1. The van der Waals surface area contributed by atoms with E-state index in [9.17, 15) is 4.79 Å². The minimum atomic E-state index is -0.510. The van der Waals surface area contributed by atoms with Gasteiger partial charge in [-0.2, -0.15) is 0 Å². The third-order valence-electron chi connectivity index (χ3n) is 3.96. The van der Waals surface area contributed by atoms with E-state index in [0.717, 1.165) is 17.3 Å². The Morgan fingerprint density at radius 3 is 3.00 bits per heavy atom. The first-order valence-electron chi connectivity index (χ1n) is 6.75. The van der Waals surface area contributed by atoms with Crippen molar-refractivity contribution in [3.63, 3.8) is 0 Å². The van der Waals surface area contributed by atoms with Crippen molar-refractivity contribution in [2.75, 3.05) is 6.54 Å². The van der Waals surface area contributed by atoms with Crippen molar-refractivity contribution in [2.45, 2.75) is 38.6 Å². The van der Waals surface area contributed by atoms with Crippen LogP contribution in [0.15, 0.2) is 17.5 Å². The molecule has 1 aliphatic rings. The summed E-state index contributed by atoms with van der Waals surface area (Å²) in [5, 5.41) is 4.96. The SMILES string of the molecule is CC1CCCCC1CNC(=O)C(N)c1cccs1. The fourth-order valence-electron chi connectivity index (χ4n) is 2.64. The summed E-state index contributed by atoms with van der Waals surface area (Å²) in [5.74, 6) is 1.30. The van der Waals surface area contributed by atoms with E-state index in [0.29, 0.717) is 5.92 Å². The van der Waals surface area contributed by atoms with Gasteiger partial charge in [0, 0.05) is 11.4 Å². The quantitative estimate of drug-likeness (QED) is 0.880. The van der Waals surface area contributed by atoms with Crippen LogP contribution in [-0.4, -0.2) is 12.5 Å². The molecule has 0 radical (unpaired) electrons. The standard InChI is InChI=1S/C14H22N2OS/c1-10-5-2-3-6-11(10)9-16-14(17)13(15)12-7-4-8-18-12/h4,7-8,10-11,13H,2-3,5-6,9,15H2,1H3,(H,16,17). The molecule has 3 atom stereocenters. The third kappa shape index (κ3) is 3.33. The van der Waals surface area contributed by atoms with Crippen molar-refractivity contribution in [1.29, 1.82) is 0 Å². The van der Waals surface area contributed by atoms with Gasteiger partial charge in [0.2, 0.25) is 5.91 Å². The van der Waals surface area contributed by atoms with E-state index in [1.807, 2.05) is 17.5 Å². The summed E-state index contributed by atoms with van der Waals surface area (Å²) in [6.45, 7) is 3.06. The molecule has 0 spiro atoms. The van der Waals surface area contributed by atoms with E-state index >= 15 is 0 Å². The van der Waals surface area contributed by atoms with Crippen LogP contribution in [0.1, 0.15) is 43.5 Å². The average Bonchev–Trinajstić information content (AvgIpc) is 2.90. The second kappa shape index (κ2) is 6.34. The van der Waals surface area contributed by atoms with Gasteiger partial charge < -0.3 is 11.1 Å². The molecule has 2 rings (SSSR count). The highest BCUT2D eigenvalue weighted by atomic mass is 32.1. The van der Waals surface area contributed by atoms with Gasteiger partial charge in [0.25, 0.3) is 0 Å². The molecule has 3 N–H and O–H groups in total. The monoisotopic (exact) mass is 266 g/mol. The minimum absolute atomic E-state index is 0.0461.